The molecule has 0 amide bonds. The minimum atomic E-state index is 0.0154. The minimum absolute atomic E-state index is 0.0154. The number of aryl methyl sites for hydroxylation is 2. The molecule has 2 rings (SSSR count). The van der Waals surface area contributed by atoms with Gasteiger partial charge in [0.2, 0.25) is 0 Å². The third-order valence-electron chi connectivity index (χ3n) is 3.34. The first-order valence-electron chi connectivity index (χ1n) is 6.67. The Morgan fingerprint density at radius 2 is 1.95 bits per heavy atom. The van der Waals surface area contributed by atoms with Crippen molar-refractivity contribution < 1.29 is 9.84 Å². The van der Waals surface area contributed by atoms with E-state index < -0.39 is 0 Å². The fourth-order valence-electron chi connectivity index (χ4n) is 2.22. The van der Waals surface area contributed by atoms with Gasteiger partial charge in [-0.2, -0.15) is 0 Å². The quantitative estimate of drug-likeness (QED) is 0.854. The molecule has 104 valence electrons. The van der Waals surface area contributed by atoms with Crippen molar-refractivity contribution in [1.82, 2.24) is 0 Å². The first kappa shape index (κ1) is 14.4. The van der Waals surface area contributed by atoms with Gasteiger partial charge in [0.25, 0.3) is 0 Å². The summed E-state index contributed by atoms with van der Waals surface area (Å²) in [4.78, 5) is 0. The molecule has 20 heavy (non-hydrogen) atoms. The van der Waals surface area contributed by atoms with Gasteiger partial charge in [0.15, 0.2) is 0 Å². The molecule has 2 nitrogen and oxygen atoms in total. The normalized spacial score (nSPS) is 11.5. The molecule has 2 heteroatoms. The Morgan fingerprint density at radius 3 is 2.65 bits per heavy atom. The lowest BCUT2D eigenvalue weighted by atomic mass is 9.97. The highest BCUT2D eigenvalue weighted by atomic mass is 16.5. The van der Waals surface area contributed by atoms with E-state index in [4.69, 9.17) is 4.74 Å². The largest absolute Gasteiger partial charge is 0.497 e. The molecular formula is C18H20O2. The van der Waals surface area contributed by atoms with E-state index in [0.717, 1.165) is 22.4 Å². The lowest BCUT2D eigenvalue weighted by Crippen LogP contribution is -1.95. The van der Waals surface area contributed by atoms with Crippen LogP contribution >= 0.6 is 0 Å². The Balaban J connectivity index is 2.45. The van der Waals surface area contributed by atoms with Gasteiger partial charge in [-0.3, -0.25) is 0 Å². The topological polar surface area (TPSA) is 29.5 Å². The van der Waals surface area contributed by atoms with Crippen molar-refractivity contribution in [3.05, 3.63) is 64.7 Å². The summed E-state index contributed by atoms with van der Waals surface area (Å²) in [6.07, 6.45) is 2.00. The van der Waals surface area contributed by atoms with Gasteiger partial charge in [0.1, 0.15) is 5.75 Å². The molecule has 0 aliphatic rings. The van der Waals surface area contributed by atoms with Crippen LogP contribution < -0.4 is 4.74 Å². The summed E-state index contributed by atoms with van der Waals surface area (Å²) >= 11 is 0. The number of aliphatic hydroxyl groups excluding tert-OH is 1. The molecule has 0 aromatic heterocycles. The maximum atomic E-state index is 9.68. The van der Waals surface area contributed by atoms with Crippen LogP contribution in [0.1, 0.15) is 22.3 Å². The van der Waals surface area contributed by atoms with Gasteiger partial charge in [0.05, 0.1) is 13.7 Å². The predicted octanol–water partition coefficient (Wildman–Crippen LogP) is 3.84. The number of rotatable bonds is 4. The number of aliphatic hydroxyl groups is 1. The molecule has 0 fully saturated rings. The van der Waals surface area contributed by atoms with Crippen LogP contribution in [0.4, 0.5) is 0 Å². The molecule has 0 unspecified atom stereocenters. The summed E-state index contributed by atoms with van der Waals surface area (Å²) < 4.78 is 5.23. The molecule has 0 aliphatic carbocycles. The number of ether oxygens (including phenoxy) is 1. The van der Waals surface area contributed by atoms with E-state index in [2.05, 4.69) is 32.0 Å². The second kappa shape index (κ2) is 6.40. The van der Waals surface area contributed by atoms with Crippen LogP contribution in [-0.4, -0.2) is 18.8 Å². The van der Waals surface area contributed by atoms with Crippen molar-refractivity contribution in [2.45, 2.75) is 13.8 Å². The van der Waals surface area contributed by atoms with Crippen molar-refractivity contribution in [2.24, 2.45) is 0 Å². The molecule has 0 heterocycles. The van der Waals surface area contributed by atoms with E-state index in [9.17, 15) is 5.11 Å². The lowest BCUT2D eigenvalue weighted by molar-refractivity contribution is 0.350. The predicted molar refractivity (Wildman–Crippen MR) is 83.9 cm³/mol. The molecule has 2 aromatic rings. The van der Waals surface area contributed by atoms with Crippen LogP contribution in [0.2, 0.25) is 0 Å². The van der Waals surface area contributed by atoms with E-state index in [-0.39, 0.29) is 6.61 Å². The number of hydrogen-bond donors (Lipinski definition) is 1. The van der Waals surface area contributed by atoms with Crippen molar-refractivity contribution in [3.8, 4) is 5.75 Å². The first-order chi connectivity index (χ1) is 9.63. The Kier molecular flexibility index (Phi) is 4.59. The fourth-order valence-corrected chi connectivity index (χ4v) is 2.22. The van der Waals surface area contributed by atoms with Gasteiger partial charge in [-0.1, -0.05) is 35.9 Å². The molecular weight excluding hydrogens is 248 g/mol. The van der Waals surface area contributed by atoms with E-state index in [1.807, 2.05) is 30.3 Å². The third-order valence-corrected chi connectivity index (χ3v) is 3.34. The highest BCUT2D eigenvalue weighted by Crippen LogP contribution is 2.24. The minimum Gasteiger partial charge on any atom is -0.497 e. The highest BCUT2D eigenvalue weighted by molar-refractivity contribution is 5.83. The number of benzene rings is 2. The zero-order chi connectivity index (χ0) is 14.5. The molecule has 0 bridgehead atoms. The summed E-state index contributed by atoms with van der Waals surface area (Å²) in [5, 5.41) is 9.68. The first-order valence-corrected chi connectivity index (χ1v) is 6.67. The number of hydrogen-bond acceptors (Lipinski definition) is 2. The average molecular weight is 268 g/mol. The van der Waals surface area contributed by atoms with E-state index >= 15 is 0 Å². The standard InChI is InChI=1S/C18H20O2/c1-13-7-8-14(2)18(9-13)16(12-19)10-15-5-4-6-17(11-15)20-3/h4-11,19H,12H2,1-3H3/b16-10+. The third kappa shape index (κ3) is 3.28. The average Bonchev–Trinajstić information content (AvgIpc) is 2.47. The van der Waals surface area contributed by atoms with Crippen molar-refractivity contribution in [3.63, 3.8) is 0 Å². The zero-order valence-corrected chi connectivity index (χ0v) is 12.2. The van der Waals surface area contributed by atoms with Crippen molar-refractivity contribution in [1.29, 1.82) is 0 Å². The highest BCUT2D eigenvalue weighted by Gasteiger charge is 2.05. The fraction of sp³-hybridized carbons (Fsp3) is 0.222. The van der Waals surface area contributed by atoms with Crippen LogP contribution in [-0.2, 0) is 0 Å². The zero-order valence-electron chi connectivity index (χ0n) is 12.2. The Labute approximate surface area is 120 Å². The summed E-state index contributed by atoms with van der Waals surface area (Å²) in [6, 6.07) is 14.1. The van der Waals surface area contributed by atoms with E-state index in [1.54, 1.807) is 7.11 Å². The van der Waals surface area contributed by atoms with Crippen molar-refractivity contribution >= 4 is 11.6 Å². The maximum absolute atomic E-state index is 9.68. The second-order valence-corrected chi connectivity index (χ2v) is 4.92. The van der Waals surface area contributed by atoms with Gasteiger partial charge >= 0.3 is 0 Å². The van der Waals surface area contributed by atoms with Crippen LogP contribution in [0.25, 0.3) is 11.6 Å². The number of methoxy groups -OCH3 is 1. The summed E-state index contributed by atoms with van der Waals surface area (Å²) in [6.45, 7) is 4.13. The molecule has 1 N–H and O–H groups in total. The van der Waals surface area contributed by atoms with Gasteiger partial charge in [-0.25, -0.2) is 0 Å². The molecule has 0 atom stereocenters. The monoisotopic (exact) mass is 268 g/mol. The molecule has 0 radical (unpaired) electrons. The molecule has 0 saturated carbocycles. The maximum Gasteiger partial charge on any atom is 0.119 e. The van der Waals surface area contributed by atoms with Crippen LogP contribution in [0.5, 0.6) is 5.75 Å². The van der Waals surface area contributed by atoms with Gasteiger partial charge in [0, 0.05) is 0 Å². The van der Waals surface area contributed by atoms with Crippen LogP contribution in [0, 0.1) is 13.8 Å². The molecule has 0 aliphatic heterocycles. The van der Waals surface area contributed by atoms with Crippen LogP contribution in [0.3, 0.4) is 0 Å². The smallest absolute Gasteiger partial charge is 0.119 e. The van der Waals surface area contributed by atoms with E-state index in [0.29, 0.717) is 0 Å². The second-order valence-electron chi connectivity index (χ2n) is 4.92. The summed E-state index contributed by atoms with van der Waals surface area (Å²) in [5.74, 6) is 0.817. The molecule has 0 saturated heterocycles. The SMILES string of the molecule is COc1cccc(/C=C(\CO)c2cc(C)ccc2C)c1. The molecule has 2 aromatic carbocycles. The van der Waals surface area contributed by atoms with E-state index in [1.165, 1.54) is 11.1 Å². The summed E-state index contributed by atoms with van der Waals surface area (Å²) in [5.41, 5.74) is 5.39. The van der Waals surface area contributed by atoms with Crippen molar-refractivity contribution in [2.75, 3.05) is 13.7 Å². The van der Waals surface area contributed by atoms with Crippen LogP contribution in [0.15, 0.2) is 42.5 Å². The van der Waals surface area contributed by atoms with Gasteiger partial charge < -0.3 is 9.84 Å². The Hall–Kier alpha value is -2.06. The molecule has 0 spiro atoms. The summed E-state index contributed by atoms with van der Waals surface area (Å²) in [7, 11) is 1.65. The Bertz CT molecular complexity index is 627. The Morgan fingerprint density at radius 1 is 1.15 bits per heavy atom. The van der Waals surface area contributed by atoms with Gasteiger partial charge in [-0.05, 0) is 54.3 Å². The lowest BCUT2D eigenvalue weighted by Gasteiger charge is -2.10. The van der Waals surface area contributed by atoms with Gasteiger partial charge in [-0.15, -0.1) is 0 Å².